The van der Waals surface area contributed by atoms with Gasteiger partial charge in [-0.15, -0.1) is 0 Å². The lowest BCUT2D eigenvalue weighted by molar-refractivity contribution is 0.299. The molecule has 100 valence electrons. The van der Waals surface area contributed by atoms with E-state index < -0.39 is 0 Å². The number of nitrogens with two attached hydrogens (primary N) is 1. The first-order valence-electron chi connectivity index (χ1n) is 6.09. The molecule has 0 aliphatic heterocycles. The van der Waals surface area contributed by atoms with E-state index in [2.05, 4.69) is 15.9 Å². The molecule has 3 N–H and O–H groups in total. The van der Waals surface area contributed by atoms with E-state index in [1.165, 1.54) is 0 Å². The third-order valence-corrected chi connectivity index (χ3v) is 3.29. The summed E-state index contributed by atoms with van der Waals surface area (Å²) in [5.74, 6) is 1.52. The zero-order chi connectivity index (χ0) is 13.7. The fraction of sp³-hybridized carbons (Fsp3) is 0.200. The highest BCUT2D eigenvalue weighted by molar-refractivity contribution is 9.10. The van der Waals surface area contributed by atoms with Crippen LogP contribution in [-0.2, 0) is 13.0 Å². The van der Waals surface area contributed by atoms with Crippen LogP contribution in [0.5, 0.6) is 11.5 Å². The molecule has 2 aromatic carbocycles. The summed E-state index contributed by atoms with van der Waals surface area (Å²) in [5, 5.41) is 8.87. The Hall–Kier alpha value is -1.36. The molecule has 2 aromatic rings. The summed E-state index contributed by atoms with van der Waals surface area (Å²) in [4.78, 5) is 0. The van der Waals surface area contributed by atoms with Gasteiger partial charge in [-0.05, 0) is 36.2 Å². The first-order valence-corrected chi connectivity index (χ1v) is 6.88. The molecule has 0 saturated heterocycles. The van der Waals surface area contributed by atoms with Crippen molar-refractivity contribution in [3.8, 4) is 11.5 Å². The minimum Gasteiger partial charge on any atom is -0.457 e. The second-order valence-electron chi connectivity index (χ2n) is 4.18. The monoisotopic (exact) mass is 321 g/mol. The predicted molar refractivity (Wildman–Crippen MR) is 79.3 cm³/mol. The van der Waals surface area contributed by atoms with Gasteiger partial charge in [0.05, 0.1) is 0 Å². The van der Waals surface area contributed by atoms with Crippen LogP contribution < -0.4 is 10.5 Å². The van der Waals surface area contributed by atoms with Gasteiger partial charge in [-0.2, -0.15) is 0 Å². The fourth-order valence-electron chi connectivity index (χ4n) is 1.77. The second-order valence-corrected chi connectivity index (χ2v) is 5.09. The van der Waals surface area contributed by atoms with Crippen LogP contribution in [0.15, 0.2) is 46.9 Å². The van der Waals surface area contributed by atoms with Gasteiger partial charge in [-0.3, -0.25) is 0 Å². The molecule has 0 radical (unpaired) electrons. The van der Waals surface area contributed by atoms with Crippen LogP contribution in [0.25, 0.3) is 0 Å². The van der Waals surface area contributed by atoms with Crippen molar-refractivity contribution in [2.24, 2.45) is 5.73 Å². The van der Waals surface area contributed by atoms with E-state index in [1.54, 1.807) is 0 Å². The topological polar surface area (TPSA) is 55.5 Å². The van der Waals surface area contributed by atoms with Crippen molar-refractivity contribution >= 4 is 15.9 Å². The summed E-state index contributed by atoms with van der Waals surface area (Å²) in [5.41, 5.74) is 7.74. The van der Waals surface area contributed by atoms with E-state index in [0.717, 1.165) is 27.1 Å². The summed E-state index contributed by atoms with van der Waals surface area (Å²) in [6.07, 6.45) is 0.658. The maximum atomic E-state index is 8.87. The van der Waals surface area contributed by atoms with E-state index in [0.29, 0.717) is 13.0 Å². The Morgan fingerprint density at radius 3 is 2.47 bits per heavy atom. The van der Waals surface area contributed by atoms with E-state index >= 15 is 0 Å². The molecule has 0 fully saturated rings. The quantitative estimate of drug-likeness (QED) is 0.888. The Labute approximate surface area is 121 Å². The van der Waals surface area contributed by atoms with E-state index in [1.807, 2.05) is 42.5 Å². The molecule has 19 heavy (non-hydrogen) atoms. The number of hydrogen-bond acceptors (Lipinski definition) is 3. The summed E-state index contributed by atoms with van der Waals surface area (Å²) in [6, 6.07) is 13.5. The zero-order valence-corrected chi connectivity index (χ0v) is 12.1. The normalized spacial score (nSPS) is 10.5. The molecule has 0 heterocycles. The van der Waals surface area contributed by atoms with Crippen LogP contribution in [0, 0.1) is 0 Å². The molecule has 0 aromatic heterocycles. The Kier molecular flexibility index (Phi) is 4.96. The average Bonchev–Trinajstić information content (AvgIpc) is 2.42. The largest absolute Gasteiger partial charge is 0.457 e. The third kappa shape index (κ3) is 3.80. The molecule has 0 aliphatic rings. The van der Waals surface area contributed by atoms with Crippen molar-refractivity contribution in [2.75, 3.05) is 6.61 Å². The van der Waals surface area contributed by atoms with Crippen LogP contribution in [0.4, 0.5) is 0 Å². The molecule has 0 bridgehead atoms. The first kappa shape index (κ1) is 14.1. The molecule has 2 rings (SSSR count). The van der Waals surface area contributed by atoms with Crippen molar-refractivity contribution in [1.29, 1.82) is 0 Å². The van der Waals surface area contributed by atoms with E-state index in [-0.39, 0.29) is 6.61 Å². The van der Waals surface area contributed by atoms with Gasteiger partial charge in [0.1, 0.15) is 11.5 Å². The lowest BCUT2D eigenvalue weighted by Crippen LogP contribution is -1.99. The van der Waals surface area contributed by atoms with Crippen LogP contribution in [0.1, 0.15) is 11.1 Å². The highest BCUT2D eigenvalue weighted by atomic mass is 79.9. The van der Waals surface area contributed by atoms with Gasteiger partial charge in [-0.1, -0.05) is 34.1 Å². The fourth-order valence-corrected chi connectivity index (χ4v) is 2.11. The molecule has 0 atom stereocenters. The molecule has 4 heteroatoms. The molecule has 0 aliphatic carbocycles. The average molecular weight is 322 g/mol. The van der Waals surface area contributed by atoms with Gasteiger partial charge >= 0.3 is 0 Å². The lowest BCUT2D eigenvalue weighted by atomic mass is 10.1. The zero-order valence-electron chi connectivity index (χ0n) is 10.5. The van der Waals surface area contributed by atoms with Gasteiger partial charge in [0, 0.05) is 23.2 Å². The van der Waals surface area contributed by atoms with Gasteiger partial charge in [0.15, 0.2) is 0 Å². The minimum absolute atomic E-state index is 0.156. The number of hydrogen-bond donors (Lipinski definition) is 2. The van der Waals surface area contributed by atoms with Crippen molar-refractivity contribution in [1.82, 2.24) is 0 Å². The molecule has 3 nitrogen and oxygen atoms in total. The number of aliphatic hydroxyl groups is 1. The van der Waals surface area contributed by atoms with Crippen molar-refractivity contribution < 1.29 is 9.84 Å². The summed E-state index contributed by atoms with van der Waals surface area (Å²) >= 11 is 3.42. The van der Waals surface area contributed by atoms with Crippen LogP contribution in [-0.4, -0.2) is 11.7 Å². The van der Waals surface area contributed by atoms with Crippen LogP contribution >= 0.6 is 15.9 Å². The number of benzene rings is 2. The SMILES string of the molecule is NCc1ccc(Br)cc1Oc1ccc(CCO)cc1. The summed E-state index contributed by atoms with van der Waals surface area (Å²) in [6.45, 7) is 0.592. The van der Waals surface area contributed by atoms with Crippen molar-refractivity contribution in [3.63, 3.8) is 0 Å². The maximum Gasteiger partial charge on any atom is 0.133 e. The van der Waals surface area contributed by atoms with E-state index in [9.17, 15) is 0 Å². The highest BCUT2D eigenvalue weighted by Gasteiger charge is 2.05. The van der Waals surface area contributed by atoms with Gasteiger partial charge in [0.2, 0.25) is 0 Å². The van der Waals surface area contributed by atoms with Crippen molar-refractivity contribution in [2.45, 2.75) is 13.0 Å². The Morgan fingerprint density at radius 2 is 1.84 bits per heavy atom. The van der Waals surface area contributed by atoms with Gasteiger partial charge in [-0.25, -0.2) is 0 Å². The standard InChI is InChI=1S/C15H16BrNO2/c16-13-4-3-12(10-17)15(9-13)19-14-5-1-11(2-6-14)7-8-18/h1-6,9,18H,7-8,10,17H2. The molecular weight excluding hydrogens is 306 g/mol. The highest BCUT2D eigenvalue weighted by Crippen LogP contribution is 2.28. The Bertz CT molecular complexity index is 540. The van der Waals surface area contributed by atoms with E-state index in [4.69, 9.17) is 15.6 Å². The Morgan fingerprint density at radius 1 is 1.11 bits per heavy atom. The second kappa shape index (κ2) is 6.70. The summed E-state index contributed by atoms with van der Waals surface area (Å²) in [7, 11) is 0. The number of aliphatic hydroxyl groups excluding tert-OH is 1. The molecule has 0 unspecified atom stereocenters. The molecule has 0 amide bonds. The van der Waals surface area contributed by atoms with Crippen LogP contribution in [0.2, 0.25) is 0 Å². The molecule has 0 saturated carbocycles. The molecule has 0 spiro atoms. The lowest BCUT2D eigenvalue weighted by Gasteiger charge is -2.11. The van der Waals surface area contributed by atoms with Gasteiger partial charge < -0.3 is 15.6 Å². The predicted octanol–water partition coefficient (Wildman–Crippen LogP) is 3.23. The van der Waals surface area contributed by atoms with Crippen molar-refractivity contribution in [3.05, 3.63) is 58.1 Å². The van der Waals surface area contributed by atoms with Gasteiger partial charge in [0.25, 0.3) is 0 Å². The smallest absolute Gasteiger partial charge is 0.133 e. The number of halogens is 1. The maximum absolute atomic E-state index is 8.87. The van der Waals surface area contributed by atoms with Crippen LogP contribution in [0.3, 0.4) is 0 Å². The number of ether oxygens (including phenoxy) is 1. The summed E-state index contributed by atoms with van der Waals surface area (Å²) < 4.78 is 6.80. The minimum atomic E-state index is 0.156. The third-order valence-electron chi connectivity index (χ3n) is 2.80. The first-order chi connectivity index (χ1) is 9.22. The Balaban J connectivity index is 2.18. The number of rotatable bonds is 5. The molecular formula is C15H16BrNO2.